The minimum absolute atomic E-state index is 0.636. The maximum absolute atomic E-state index is 5.29. The molecular weight excluding hydrogens is 733 g/mol. The lowest BCUT2D eigenvalue weighted by Crippen LogP contribution is -2.01. The zero-order chi connectivity index (χ0) is 37.5. The number of para-hydroxylation sites is 1. The van der Waals surface area contributed by atoms with Gasteiger partial charge in [-0.2, -0.15) is 0 Å². The van der Waals surface area contributed by atoms with Crippen LogP contribution in [0, 0.1) is 0 Å². The molecule has 0 amide bonds. The average Bonchev–Trinajstić information content (AvgIpc) is 3.96. The third-order valence-electron chi connectivity index (χ3n) is 11.1. The molecule has 12 rings (SSSR count). The Bertz CT molecular complexity index is 3540. The van der Waals surface area contributed by atoms with Crippen LogP contribution in [0.1, 0.15) is 0 Å². The molecule has 4 aromatic heterocycles. The summed E-state index contributed by atoms with van der Waals surface area (Å²) < 4.78 is 7.31. The standard InChI is InChI=1S/C51H30N4S2/c1-2-12-31(13-3-1)32-24-26-44-41(29-32)36-16-4-7-21-43(36)55(44)35-15-10-14-33(28-35)49-52-50(34-25-27-47-42(30-34)38-18-6-8-22-45(38)56-47)54-51(53-49)40-20-11-19-39-37-17-5-9-23-46(37)57-48(39)40/h1-30H. The monoisotopic (exact) mass is 762 g/mol. The van der Waals surface area contributed by atoms with Gasteiger partial charge in [0.1, 0.15) is 0 Å². The molecule has 0 radical (unpaired) electrons. The number of benzene rings is 8. The van der Waals surface area contributed by atoms with Crippen LogP contribution in [-0.4, -0.2) is 19.5 Å². The first-order chi connectivity index (χ1) is 28.2. The highest BCUT2D eigenvalue weighted by molar-refractivity contribution is 7.26. The number of nitrogens with zero attached hydrogens (tertiary/aromatic N) is 4. The van der Waals surface area contributed by atoms with Gasteiger partial charge in [0, 0.05) is 73.5 Å². The van der Waals surface area contributed by atoms with Gasteiger partial charge in [0.05, 0.1) is 11.0 Å². The summed E-state index contributed by atoms with van der Waals surface area (Å²) in [7, 11) is 0. The molecule has 0 unspecified atom stereocenters. The summed E-state index contributed by atoms with van der Waals surface area (Å²) in [5.74, 6) is 1.96. The van der Waals surface area contributed by atoms with E-state index in [-0.39, 0.29) is 0 Å². The molecule has 6 heteroatoms. The molecule has 266 valence electrons. The fourth-order valence-electron chi connectivity index (χ4n) is 8.39. The van der Waals surface area contributed by atoms with Crippen molar-refractivity contribution < 1.29 is 0 Å². The summed E-state index contributed by atoms with van der Waals surface area (Å²) >= 11 is 3.61. The molecule has 0 spiro atoms. The minimum Gasteiger partial charge on any atom is -0.309 e. The largest absolute Gasteiger partial charge is 0.309 e. The first-order valence-corrected chi connectivity index (χ1v) is 20.6. The van der Waals surface area contributed by atoms with Gasteiger partial charge in [0.25, 0.3) is 0 Å². The molecular formula is C51H30N4S2. The van der Waals surface area contributed by atoms with Crippen LogP contribution in [0.4, 0.5) is 0 Å². The molecule has 57 heavy (non-hydrogen) atoms. The van der Waals surface area contributed by atoms with Crippen LogP contribution < -0.4 is 0 Å². The van der Waals surface area contributed by atoms with Gasteiger partial charge in [0.15, 0.2) is 17.5 Å². The molecule has 4 nitrogen and oxygen atoms in total. The fourth-order valence-corrected chi connectivity index (χ4v) is 10.7. The Morgan fingerprint density at radius 3 is 1.75 bits per heavy atom. The number of fused-ring (bicyclic) bond motifs is 9. The number of hydrogen-bond acceptors (Lipinski definition) is 5. The van der Waals surface area contributed by atoms with E-state index in [2.05, 4.69) is 187 Å². The van der Waals surface area contributed by atoms with Gasteiger partial charge >= 0.3 is 0 Å². The van der Waals surface area contributed by atoms with Crippen molar-refractivity contribution in [3.05, 3.63) is 182 Å². The van der Waals surface area contributed by atoms with Gasteiger partial charge in [-0.15, -0.1) is 22.7 Å². The molecule has 4 heterocycles. The van der Waals surface area contributed by atoms with Crippen LogP contribution in [-0.2, 0) is 0 Å². The number of rotatable bonds is 5. The predicted octanol–water partition coefficient (Wildman–Crippen LogP) is 14.4. The normalized spacial score (nSPS) is 11.9. The molecule has 0 aliphatic rings. The van der Waals surface area contributed by atoms with Gasteiger partial charge in [-0.25, -0.2) is 15.0 Å². The second-order valence-electron chi connectivity index (χ2n) is 14.4. The second-order valence-corrected chi connectivity index (χ2v) is 16.5. The quantitative estimate of drug-likeness (QED) is 0.175. The summed E-state index contributed by atoms with van der Waals surface area (Å²) in [6, 6.07) is 65.0. The molecule has 0 N–H and O–H groups in total. The third-order valence-corrected chi connectivity index (χ3v) is 13.4. The summed E-state index contributed by atoms with van der Waals surface area (Å²) in [5.41, 5.74) is 8.66. The Morgan fingerprint density at radius 2 is 0.912 bits per heavy atom. The van der Waals surface area contributed by atoms with E-state index in [0.29, 0.717) is 17.5 Å². The van der Waals surface area contributed by atoms with E-state index >= 15 is 0 Å². The zero-order valence-corrected chi connectivity index (χ0v) is 32.1. The van der Waals surface area contributed by atoms with Crippen molar-refractivity contribution in [2.45, 2.75) is 0 Å². The van der Waals surface area contributed by atoms with Crippen LogP contribution in [0.15, 0.2) is 182 Å². The van der Waals surface area contributed by atoms with Gasteiger partial charge in [-0.1, -0.05) is 115 Å². The van der Waals surface area contributed by atoms with E-state index in [0.717, 1.165) is 33.4 Å². The van der Waals surface area contributed by atoms with Crippen molar-refractivity contribution in [3.63, 3.8) is 0 Å². The second kappa shape index (κ2) is 12.8. The van der Waals surface area contributed by atoms with E-state index in [4.69, 9.17) is 15.0 Å². The Balaban J connectivity index is 1.07. The van der Waals surface area contributed by atoms with Crippen LogP contribution in [0.3, 0.4) is 0 Å². The first kappa shape index (κ1) is 32.3. The van der Waals surface area contributed by atoms with E-state index in [1.54, 1.807) is 11.3 Å². The summed E-state index contributed by atoms with van der Waals surface area (Å²) in [5, 5.41) is 7.36. The Kier molecular flexibility index (Phi) is 7.24. The summed E-state index contributed by atoms with van der Waals surface area (Å²) in [6.07, 6.45) is 0. The van der Waals surface area contributed by atoms with Crippen molar-refractivity contribution in [1.82, 2.24) is 19.5 Å². The highest BCUT2D eigenvalue weighted by atomic mass is 32.1. The van der Waals surface area contributed by atoms with Gasteiger partial charge in [-0.05, 0) is 77.9 Å². The summed E-state index contributed by atoms with van der Waals surface area (Å²) in [6.45, 7) is 0. The molecule has 0 aliphatic carbocycles. The Morgan fingerprint density at radius 1 is 0.333 bits per heavy atom. The minimum atomic E-state index is 0.636. The van der Waals surface area contributed by atoms with Crippen LogP contribution in [0.25, 0.3) is 113 Å². The van der Waals surface area contributed by atoms with Crippen molar-refractivity contribution >= 4 is 84.8 Å². The van der Waals surface area contributed by atoms with Crippen molar-refractivity contribution in [3.8, 4) is 51.0 Å². The van der Waals surface area contributed by atoms with Crippen LogP contribution in [0.5, 0.6) is 0 Å². The maximum atomic E-state index is 5.29. The average molecular weight is 763 g/mol. The fraction of sp³-hybridized carbons (Fsp3) is 0. The summed E-state index contributed by atoms with van der Waals surface area (Å²) in [4.78, 5) is 15.8. The van der Waals surface area contributed by atoms with E-state index in [1.807, 2.05) is 11.3 Å². The van der Waals surface area contributed by atoms with Crippen molar-refractivity contribution in [2.75, 3.05) is 0 Å². The molecule has 0 saturated carbocycles. The highest BCUT2D eigenvalue weighted by Crippen LogP contribution is 2.41. The topological polar surface area (TPSA) is 43.6 Å². The molecule has 0 atom stereocenters. The van der Waals surface area contributed by atoms with Crippen molar-refractivity contribution in [2.24, 2.45) is 0 Å². The van der Waals surface area contributed by atoms with Gasteiger partial charge in [0.2, 0.25) is 0 Å². The van der Waals surface area contributed by atoms with E-state index in [9.17, 15) is 0 Å². The molecule has 8 aromatic carbocycles. The van der Waals surface area contributed by atoms with E-state index in [1.165, 1.54) is 62.2 Å². The van der Waals surface area contributed by atoms with Crippen molar-refractivity contribution in [1.29, 1.82) is 0 Å². The van der Waals surface area contributed by atoms with E-state index < -0.39 is 0 Å². The number of hydrogen-bond donors (Lipinski definition) is 0. The smallest absolute Gasteiger partial charge is 0.165 e. The van der Waals surface area contributed by atoms with Crippen LogP contribution >= 0.6 is 22.7 Å². The maximum Gasteiger partial charge on any atom is 0.165 e. The lowest BCUT2D eigenvalue weighted by Gasteiger charge is -2.12. The predicted molar refractivity (Wildman–Crippen MR) is 242 cm³/mol. The first-order valence-electron chi connectivity index (χ1n) is 19.0. The molecule has 0 fully saturated rings. The third kappa shape index (κ3) is 5.22. The Labute approximate surface area is 335 Å². The zero-order valence-electron chi connectivity index (χ0n) is 30.4. The van der Waals surface area contributed by atoms with Gasteiger partial charge < -0.3 is 4.57 Å². The molecule has 0 saturated heterocycles. The molecule has 12 aromatic rings. The molecule has 0 bridgehead atoms. The lowest BCUT2D eigenvalue weighted by molar-refractivity contribution is 1.07. The molecule has 0 aliphatic heterocycles. The number of thiophene rings is 2. The Hall–Kier alpha value is -6.99. The highest BCUT2D eigenvalue weighted by Gasteiger charge is 2.19. The van der Waals surface area contributed by atoms with Crippen LogP contribution in [0.2, 0.25) is 0 Å². The SMILES string of the molecule is c1ccc(-c2ccc3c(c2)c2ccccc2n3-c2cccc(-c3nc(-c4ccc5sc6ccccc6c5c4)nc(-c4cccc5c4sc4ccccc45)n3)c2)cc1. The van der Waals surface area contributed by atoms with Gasteiger partial charge in [-0.3, -0.25) is 0 Å². The lowest BCUT2D eigenvalue weighted by atomic mass is 10.0. The number of aromatic nitrogens is 4.